The molecule has 0 aromatic rings. The highest BCUT2D eigenvalue weighted by Gasteiger charge is 1.99. The van der Waals surface area contributed by atoms with Gasteiger partial charge in [0.15, 0.2) is 5.78 Å². The van der Waals surface area contributed by atoms with E-state index in [1.807, 2.05) is 0 Å². The van der Waals surface area contributed by atoms with Crippen LogP contribution in [0.5, 0.6) is 0 Å². The molecule has 1 heterocycles. The molecular weight excluding hydrogens is 135 g/mol. The van der Waals surface area contributed by atoms with Gasteiger partial charge in [0.2, 0.25) is 0 Å². The highest BCUT2D eigenvalue weighted by molar-refractivity contribution is 7.42. The summed E-state index contributed by atoms with van der Waals surface area (Å²) in [4.78, 5) is 10.2. The topological polar surface area (TPSA) is 64.8 Å². The van der Waals surface area contributed by atoms with Gasteiger partial charge in [0.25, 0.3) is 0 Å². The number of rotatable bonds is 0. The fourth-order valence-electron chi connectivity index (χ4n) is 0.406. The van der Waals surface area contributed by atoms with Crippen molar-refractivity contribution < 1.29 is 4.79 Å². The molecule has 3 nitrogen and oxygen atoms in total. The van der Waals surface area contributed by atoms with E-state index in [2.05, 4.69) is 0 Å². The van der Waals surface area contributed by atoms with Crippen LogP contribution in [0.25, 0.3) is 0 Å². The van der Waals surface area contributed by atoms with E-state index in [-0.39, 0.29) is 0 Å². The van der Waals surface area contributed by atoms with E-state index >= 15 is 0 Å². The van der Waals surface area contributed by atoms with Crippen molar-refractivity contribution in [3.8, 4) is 0 Å². The molecule has 0 aromatic carbocycles. The molecule has 9 heavy (non-hydrogen) atoms. The summed E-state index contributed by atoms with van der Waals surface area (Å²) in [6.45, 7) is 0. The number of carbonyl (C=O) groups is 1. The maximum Gasteiger partial charge on any atom is 0.160 e. The van der Waals surface area contributed by atoms with Crippen LogP contribution in [-0.2, 0) is 4.79 Å². The van der Waals surface area contributed by atoms with Crippen molar-refractivity contribution in [2.24, 2.45) is 0 Å². The van der Waals surface area contributed by atoms with Crippen LogP contribution in [0, 0.1) is 10.8 Å². The highest BCUT2D eigenvalue weighted by Crippen LogP contribution is 2.04. The lowest BCUT2D eigenvalue weighted by Gasteiger charge is -1.70. The van der Waals surface area contributed by atoms with Crippen LogP contribution in [0.4, 0.5) is 0 Å². The Labute approximate surface area is 54.9 Å². The number of hydrogen-bond donors (Lipinski definition) is 2. The summed E-state index contributed by atoms with van der Waals surface area (Å²) in [6.07, 6.45) is 1.83. The van der Waals surface area contributed by atoms with Gasteiger partial charge in [-0.2, -0.15) is 0 Å². The van der Waals surface area contributed by atoms with E-state index in [1.165, 1.54) is 14.2 Å². The van der Waals surface area contributed by atoms with E-state index in [4.69, 9.17) is 10.8 Å². The Morgan fingerprint density at radius 3 is 2.33 bits per heavy atom. The fraction of sp³-hybridized carbons (Fsp3) is 0.400. The van der Waals surface area contributed by atoms with Gasteiger partial charge in [-0.3, -0.25) is 4.79 Å². The summed E-state index contributed by atoms with van der Waals surface area (Å²) in [5.41, 5.74) is 0. The van der Waals surface area contributed by atoms with Crippen molar-refractivity contribution >= 4 is 25.8 Å². The predicted octanol–water partition coefficient (Wildman–Crippen LogP) is 1.03. The average molecular weight is 142 g/mol. The monoisotopic (exact) mass is 142 g/mol. The fourth-order valence-corrected chi connectivity index (χ4v) is 1.22. The average Bonchev–Trinajstić information content (AvgIpc) is 2.20. The summed E-state index contributed by atoms with van der Waals surface area (Å²) in [5, 5.41) is 11.2. The van der Waals surface area contributed by atoms with E-state index in [1.54, 1.807) is 5.80 Å². The van der Waals surface area contributed by atoms with Crippen LogP contribution in [0.3, 0.4) is 0 Å². The molecule has 0 atom stereocenters. The second-order valence-electron chi connectivity index (χ2n) is 1.38. The normalized spacial score (nSPS) is 15.8. The summed E-state index contributed by atoms with van der Waals surface area (Å²) >= 11 is 0. The largest absolute Gasteiger partial charge is 0.294 e. The zero-order valence-electron chi connectivity index (χ0n) is 4.85. The van der Waals surface area contributed by atoms with Crippen molar-refractivity contribution in [3.05, 3.63) is 0 Å². The Kier molecular flexibility index (Phi) is 4.89. The van der Waals surface area contributed by atoms with Gasteiger partial charge in [0.05, 0.1) is 6.01 Å². The number of nitrogens with one attached hydrogen (secondary N) is 2. The summed E-state index contributed by atoms with van der Waals surface area (Å²) in [7, 11) is 1.21. The van der Waals surface area contributed by atoms with E-state index in [0.29, 0.717) is 5.78 Å². The first kappa shape index (κ1) is 8.22. The second-order valence-corrected chi connectivity index (χ2v) is 2.45. The predicted molar refractivity (Wildman–Crippen MR) is 37.9 cm³/mol. The molecule has 1 rings (SSSR count). The number of hydrogen-bond acceptors (Lipinski definition) is 3. The number of ketones is 1. The van der Waals surface area contributed by atoms with Crippen LogP contribution >= 0.6 is 8.20 Å². The summed E-state index contributed by atoms with van der Waals surface area (Å²) in [5.74, 6) is 2.05. The molecule has 0 spiro atoms. The lowest BCUT2D eigenvalue weighted by molar-refractivity contribution is -0.111. The van der Waals surface area contributed by atoms with E-state index in [9.17, 15) is 4.79 Å². The maximum atomic E-state index is 10.2. The Bertz CT molecular complexity index is 158. The third-order valence-corrected chi connectivity index (χ3v) is 1.67. The number of Topliss-reactive ketones (excluding diaryl/α,β-unsaturated/α-hetero) is 1. The van der Waals surface area contributed by atoms with Crippen molar-refractivity contribution in [2.45, 2.75) is 6.42 Å². The van der Waals surface area contributed by atoms with Gasteiger partial charge in [0, 0.05) is 12.2 Å². The molecule has 0 radical (unpaired) electrons. The Morgan fingerprint density at radius 1 is 1.67 bits per heavy atom. The minimum atomic E-state index is 0.316. The third-order valence-electron chi connectivity index (χ3n) is 0.723. The molecular formula is C5H7N2OP. The van der Waals surface area contributed by atoms with Crippen molar-refractivity contribution in [1.29, 1.82) is 10.8 Å². The zero-order chi connectivity index (χ0) is 7.11. The molecule has 2 N–H and O–H groups in total. The maximum absolute atomic E-state index is 10.2. The van der Waals surface area contributed by atoms with E-state index < -0.39 is 0 Å². The van der Waals surface area contributed by atoms with Crippen LogP contribution in [0.2, 0.25) is 0 Å². The molecule has 0 amide bonds. The van der Waals surface area contributed by atoms with Crippen LogP contribution in [0.15, 0.2) is 0 Å². The Morgan fingerprint density at radius 2 is 2.22 bits per heavy atom. The van der Waals surface area contributed by atoms with Gasteiger partial charge in [-0.1, -0.05) is 0 Å². The van der Waals surface area contributed by atoms with Gasteiger partial charge >= 0.3 is 0 Å². The molecule has 0 aliphatic carbocycles. The standard InChI is InChI=1S/C4H5OP.CH2N2/c5-4-1-2-6-3-4;2-1-3/h3H,1-2H2;2-3H. The minimum absolute atomic E-state index is 0.316. The zero-order valence-corrected chi connectivity index (χ0v) is 5.74. The van der Waals surface area contributed by atoms with Crippen molar-refractivity contribution in [3.63, 3.8) is 0 Å². The number of carbonyl (C=O) groups excluding carboxylic acids is 1. The van der Waals surface area contributed by atoms with Gasteiger partial charge in [-0.05, 0) is 6.16 Å². The first-order valence-corrected chi connectivity index (χ1v) is 3.57. The summed E-state index contributed by atoms with van der Waals surface area (Å²) in [6, 6.07) is 1.25. The highest BCUT2D eigenvalue weighted by atomic mass is 31.1. The minimum Gasteiger partial charge on any atom is -0.294 e. The molecule has 0 saturated heterocycles. The molecule has 1 aliphatic heterocycles. The lowest BCUT2D eigenvalue weighted by Crippen LogP contribution is -1.88. The van der Waals surface area contributed by atoms with Crippen LogP contribution in [0.1, 0.15) is 6.42 Å². The Hall–Kier alpha value is -0.780. The quantitative estimate of drug-likeness (QED) is 0.385. The molecule has 0 aromatic heterocycles. The molecule has 48 valence electrons. The molecule has 0 fully saturated rings. The molecule has 0 saturated carbocycles. The first-order chi connectivity index (χ1) is 4.31. The first-order valence-electron chi connectivity index (χ1n) is 2.42. The van der Waals surface area contributed by atoms with Crippen LogP contribution in [-0.4, -0.2) is 23.7 Å². The van der Waals surface area contributed by atoms with Gasteiger partial charge in [-0.25, -0.2) is 10.8 Å². The molecule has 4 heteroatoms. The third kappa shape index (κ3) is 5.09. The summed E-state index contributed by atoms with van der Waals surface area (Å²) < 4.78 is 0. The molecule has 1 aliphatic rings. The molecule has 0 bridgehead atoms. The van der Waals surface area contributed by atoms with Crippen LogP contribution < -0.4 is 0 Å². The SMILES string of the molecule is N=C=N.O=C1C=PCC1. The lowest BCUT2D eigenvalue weighted by atomic mass is 10.4. The van der Waals surface area contributed by atoms with Gasteiger partial charge < -0.3 is 0 Å². The van der Waals surface area contributed by atoms with Crippen molar-refractivity contribution in [1.82, 2.24) is 0 Å². The Balaban J connectivity index is 0.000000187. The van der Waals surface area contributed by atoms with Gasteiger partial charge in [0.1, 0.15) is 0 Å². The van der Waals surface area contributed by atoms with Gasteiger partial charge in [-0.15, -0.1) is 8.20 Å². The second kappa shape index (κ2) is 5.36. The van der Waals surface area contributed by atoms with E-state index in [0.717, 1.165) is 12.6 Å². The van der Waals surface area contributed by atoms with Crippen molar-refractivity contribution in [2.75, 3.05) is 6.16 Å². The molecule has 0 unspecified atom stereocenters. The smallest absolute Gasteiger partial charge is 0.160 e.